The number of aryl methyl sites for hydroxylation is 1. The molecule has 120 valence electrons. The Kier molecular flexibility index (Phi) is 4.59. The molecule has 4 nitrogen and oxygen atoms in total. The van der Waals surface area contributed by atoms with Gasteiger partial charge in [0.15, 0.2) is 0 Å². The maximum absolute atomic E-state index is 9.07. The Hall–Kier alpha value is -1.98. The highest BCUT2D eigenvalue weighted by Crippen LogP contribution is 2.40. The Morgan fingerprint density at radius 3 is 2.57 bits per heavy atom. The summed E-state index contributed by atoms with van der Waals surface area (Å²) in [7, 11) is 0. The lowest BCUT2D eigenvalue weighted by atomic mass is 9.98. The third kappa shape index (κ3) is 3.07. The van der Waals surface area contributed by atoms with E-state index in [9.17, 15) is 0 Å². The molecule has 1 aromatic carbocycles. The Morgan fingerprint density at radius 1 is 1.17 bits per heavy atom. The fourth-order valence-electron chi connectivity index (χ4n) is 2.73. The third-order valence-electron chi connectivity index (χ3n) is 3.93. The molecule has 0 aliphatic carbocycles. The highest BCUT2D eigenvalue weighted by Gasteiger charge is 2.16. The number of fused-ring (bicyclic) bond motifs is 1. The zero-order valence-corrected chi connectivity index (χ0v) is 14.4. The molecule has 0 unspecified atom stereocenters. The van der Waals surface area contributed by atoms with Crippen LogP contribution in [0.2, 0.25) is 0 Å². The number of nitrogens with zero attached hydrogens (tertiary/aromatic N) is 2. The van der Waals surface area contributed by atoms with Gasteiger partial charge in [-0.05, 0) is 24.0 Å². The molecule has 0 bridgehead atoms. The average molecular weight is 327 g/mol. The first kappa shape index (κ1) is 15.9. The summed E-state index contributed by atoms with van der Waals surface area (Å²) >= 11 is 1.68. The molecular formula is C18H21N3OS. The van der Waals surface area contributed by atoms with Gasteiger partial charge >= 0.3 is 0 Å². The first-order valence-electron chi connectivity index (χ1n) is 7.81. The van der Waals surface area contributed by atoms with E-state index in [2.05, 4.69) is 60.3 Å². The van der Waals surface area contributed by atoms with Gasteiger partial charge in [-0.1, -0.05) is 38.1 Å². The second-order valence-corrected chi connectivity index (χ2v) is 7.07. The van der Waals surface area contributed by atoms with Crippen LogP contribution in [0, 0.1) is 6.92 Å². The van der Waals surface area contributed by atoms with Gasteiger partial charge in [0.25, 0.3) is 0 Å². The van der Waals surface area contributed by atoms with E-state index in [0.717, 1.165) is 16.0 Å². The highest BCUT2D eigenvalue weighted by molar-refractivity contribution is 7.19. The van der Waals surface area contributed by atoms with Crippen molar-refractivity contribution in [2.24, 2.45) is 0 Å². The van der Waals surface area contributed by atoms with Gasteiger partial charge in [0, 0.05) is 17.0 Å². The predicted molar refractivity (Wildman–Crippen MR) is 97.3 cm³/mol. The van der Waals surface area contributed by atoms with Gasteiger partial charge < -0.3 is 10.4 Å². The number of benzene rings is 1. The molecule has 0 fully saturated rings. The van der Waals surface area contributed by atoms with Crippen LogP contribution in [0.5, 0.6) is 0 Å². The summed E-state index contributed by atoms with van der Waals surface area (Å²) < 4.78 is 0. The molecule has 0 aliphatic heterocycles. The van der Waals surface area contributed by atoms with E-state index in [1.807, 2.05) is 0 Å². The van der Waals surface area contributed by atoms with Crippen molar-refractivity contribution in [2.45, 2.75) is 26.7 Å². The lowest BCUT2D eigenvalue weighted by Crippen LogP contribution is -2.07. The summed E-state index contributed by atoms with van der Waals surface area (Å²) in [6.45, 7) is 7.07. The summed E-state index contributed by atoms with van der Waals surface area (Å²) in [5, 5.41) is 13.3. The fraction of sp³-hybridized carbons (Fsp3) is 0.333. The van der Waals surface area contributed by atoms with Crippen LogP contribution >= 0.6 is 11.3 Å². The van der Waals surface area contributed by atoms with Crippen LogP contribution in [0.15, 0.2) is 30.6 Å². The van der Waals surface area contributed by atoms with Crippen molar-refractivity contribution in [1.82, 2.24) is 9.97 Å². The van der Waals surface area contributed by atoms with E-state index >= 15 is 0 Å². The largest absolute Gasteiger partial charge is 0.395 e. The summed E-state index contributed by atoms with van der Waals surface area (Å²) in [5.41, 5.74) is 3.70. The second kappa shape index (κ2) is 6.64. The number of hydrogen-bond acceptors (Lipinski definition) is 5. The molecule has 0 saturated carbocycles. The van der Waals surface area contributed by atoms with Crippen LogP contribution in [0.1, 0.15) is 30.2 Å². The number of rotatable bonds is 5. The van der Waals surface area contributed by atoms with Gasteiger partial charge in [0.05, 0.1) is 12.0 Å². The lowest BCUT2D eigenvalue weighted by Gasteiger charge is -2.09. The molecule has 23 heavy (non-hydrogen) atoms. The number of aliphatic hydroxyl groups excluding tert-OH is 1. The van der Waals surface area contributed by atoms with Crippen molar-refractivity contribution in [3.05, 3.63) is 41.0 Å². The molecule has 0 amide bonds. The summed E-state index contributed by atoms with van der Waals surface area (Å²) in [6.07, 6.45) is 1.57. The molecule has 0 aliphatic rings. The Labute approximate surface area is 140 Å². The maximum atomic E-state index is 9.07. The predicted octanol–water partition coefficient (Wildman–Crippen LogP) is 4.19. The number of thiophene rings is 1. The van der Waals surface area contributed by atoms with Gasteiger partial charge in [0.1, 0.15) is 17.0 Å². The lowest BCUT2D eigenvalue weighted by molar-refractivity contribution is 0.311. The normalized spacial score (nSPS) is 11.3. The SMILES string of the molecule is Cc1sc2ncnc(NCCO)c2c1-c1ccc(C(C)C)cc1. The number of aromatic nitrogens is 2. The number of hydrogen-bond donors (Lipinski definition) is 2. The molecule has 0 saturated heterocycles. The van der Waals surface area contributed by atoms with Crippen molar-refractivity contribution >= 4 is 27.4 Å². The van der Waals surface area contributed by atoms with Gasteiger partial charge in [-0.15, -0.1) is 11.3 Å². The zero-order chi connectivity index (χ0) is 16.4. The minimum atomic E-state index is 0.0764. The van der Waals surface area contributed by atoms with Crippen molar-refractivity contribution in [3.63, 3.8) is 0 Å². The molecule has 2 aromatic heterocycles. The van der Waals surface area contributed by atoms with Gasteiger partial charge in [0.2, 0.25) is 0 Å². The van der Waals surface area contributed by atoms with Crippen LogP contribution in [-0.2, 0) is 0 Å². The van der Waals surface area contributed by atoms with E-state index in [0.29, 0.717) is 12.5 Å². The molecule has 0 radical (unpaired) electrons. The van der Waals surface area contributed by atoms with Gasteiger partial charge in [-0.3, -0.25) is 0 Å². The summed E-state index contributed by atoms with van der Waals surface area (Å²) in [4.78, 5) is 11.0. The van der Waals surface area contributed by atoms with E-state index in [-0.39, 0.29) is 6.61 Å². The highest BCUT2D eigenvalue weighted by atomic mass is 32.1. The molecule has 2 heterocycles. The fourth-order valence-corrected chi connectivity index (χ4v) is 3.75. The number of aliphatic hydroxyl groups is 1. The van der Waals surface area contributed by atoms with E-state index in [1.54, 1.807) is 17.7 Å². The van der Waals surface area contributed by atoms with Crippen LogP contribution < -0.4 is 5.32 Å². The van der Waals surface area contributed by atoms with Gasteiger partial charge in [-0.25, -0.2) is 9.97 Å². The number of anilines is 1. The Bertz CT molecular complexity index is 809. The molecular weight excluding hydrogens is 306 g/mol. The van der Waals surface area contributed by atoms with Gasteiger partial charge in [-0.2, -0.15) is 0 Å². The van der Waals surface area contributed by atoms with E-state index in [4.69, 9.17) is 5.11 Å². The maximum Gasteiger partial charge on any atom is 0.138 e. The number of nitrogens with one attached hydrogen (secondary N) is 1. The van der Waals surface area contributed by atoms with Crippen LogP contribution in [-0.4, -0.2) is 28.2 Å². The zero-order valence-electron chi connectivity index (χ0n) is 13.6. The quantitative estimate of drug-likeness (QED) is 0.737. The monoisotopic (exact) mass is 327 g/mol. The minimum absolute atomic E-state index is 0.0764. The van der Waals surface area contributed by atoms with Crippen molar-refractivity contribution in [2.75, 3.05) is 18.5 Å². The van der Waals surface area contributed by atoms with Crippen LogP contribution in [0.4, 0.5) is 5.82 Å². The minimum Gasteiger partial charge on any atom is -0.395 e. The first-order chi connectivity index (χ1) is 11.1. The molecule has 0 spiro atoms. The standard InChI is InChI=1S/C18H21N3OS/c1-11(2)13-4-6-14(7-5-13)15-12(3)23-18-16(15)17(19-8-9-22)20-10-21-18/h4-7,10-11,22H,8-9H2,1-3H3,(H,19,20,21). The molecule has 0 atom stereocenters. The Balaban J connectivity index is 2.14. The van der Waals surface area contributed by atoms with E-state index in [1.165, 1.54) is 21.6 Å². The topological polar surface area (TPSA) is 58.0 Å². The van der Waals surface area contributed by atoms with Crippen molar-refractivity contribution in [1.29, 1.82) is 0 Å². The third-order valence-corrected chi connectivity index (χ3v) is 4.95. The van der Waals surface area contributed by atoms with Crippen molar-refractivity contribution in [3.8, 4) is 11.1 Å². The smallest absolute Gasteiger partial charge is 0.138 e. The second-order valence-electron chi connectivity index (χ2n) is 5.86. The molecule has 3 rings (SSSR count). The first-order valence-corrected chi connectivity index (χ1v) is 8.62. The Morgan fingerprint density at radius 2 is 1.91 bits per heavy atom. The summed E-state index contributed by atoms with van der Waals surface area (Å²) in [6, 6.07) is 8.72. The van der Waals surface area contributed by atoms with Crippen LogP contribution in [0.25, 0.3) is 21.3 Å². The molecule has 5 heteroatoms. The average Bonchev–Trinajstić information content (AvgIpc) is 2.89. The molecule has 3 aromatic rings. The van der Waals surface area contributed by atoms with E-state index < -0.39 is 0 Å². The van der Waals surface area contributed by atoms with Crippen LogP contribution in [0.3, 0.4) is 0 Å². The van der Waals surface area contributed by atoms with Crippen molar-refractivity contribution < 1.29 is 5.11 Å². The summed E-state index contributed by atoms with van der Waals surface area (Å²) in [5.74, 6) is 1.31. The molecule has 2 N–H and O–H groups in total.